The summed E-state index contributed by atoms with van der Waals surface area (Å²) >= 11 is 6.05. The molecule has 4 aromatic rings. The number of aryl methyl sites for hydroxylation is 1. The molecule has 4 nitrogen and oxygen atoms in total. The zero-order valence-corrected chi connectivity index (χ0v) is 13.8. The van der Waals surface area contributed by atoms with E-state index in [2.05, 4.69) is 26.7 Å². The van der Waals surface area contributed by atoms with Crippen molar-refractivity contribution in [3.8, 4) is 16.9 Å². The molecule has 0 aliphatic carbocycles. The topological polar surface area (TPSA) is 56.7 Å². The van der Waals surface area contributed by atoms with Crippen molar-refractivity contribution in [2.24, 2.45) is 0 Å². The van der Waals surface area contributed by atoms with Crippen molar-refractivity contribution in [3.63, 3.8) is 0 Å². The summed E-state index contributed by atoms with van der Waals surface area (Å²) in [6.45, 7) is 2.03. The monoisotopic (exact) mass is 334 g/mol. The normalized spacial score (nSPS) is 11.1. The maximum atomic E-state index is 6.05. The summed E-state index contributed by atoms with van der Waals surface area (Å²) in [5.41, 5.74) is 11.9. The minimum atomic E-state index is 0.517. The fourth-order valence-electron chi connectivity index (χ4n) is 2.95. The number of rotatable bonds is 2. The van der Waals surface area contributed by atoms with Crippen molar-refractivity contribution in [1.29, 1.82) is 0 Å². The minimum Gasteiger partial charge on any atom is -0.384 e. The Labute approximate surface area is 144 Å². The number of anilines is 1. The molecule has 0 aliphatic heterocycles. The smallest absolute Gasteiger partial charge is 0.123 e. The molecule has 0 saturated heterocycles. The lowest BCUT2D eigenvalue weighted by atomic mass is 10.1. The summed E-state index contributed by atoms with van der Waals surface area (Å²) in [5.74, 6) is 0.517. The van der Waals surface area contributed by atoms with Crippen LogP contribution < -0.4 is 5.73 Å². The van der Waals surface area contributed by atoms with E-state index in [4.69, 9.17) is 17.3 Å². The number of fused-ring (bicyclic) bond motifs is 1. The third-order valence-electron chi connectivity index (χ3n) is 4.06. The molecule has 1 aromatic carbocycles. The van der Waals surface area contributed by atoms with Gasteiger partial charge in [0.1, 0.15) is 5.82 Å². The van der Waals surface area contributed by atoms with Crippen LogP contribution in [0.4, 0.5) is 5.82 Å². The molecule has 0 atom stereocenters. The van der Waals surface area contributed by atoms with Crippen LogP contribution in [0.1, 0.15) is 5.56 Å². The van der Waals surface area contributed by atoms with Crippen LogP contribution >= 0.6 is 11.6 Å². The van der Waals surface area contributed by atoms with Crippen molar-refractivity contribution in [3.05, 3.63) is 71.5 Å². The molecule has 0 saturated carbocycles. The van der Waals surface area contributed by atoms with Crippen LogP contribution in [0, 0.1) is 6.92 Å². The lowest BCUT2D eigenvalue weighted by Gasteiger charge is -2.13. The Kier molecular flexibility index (Phi) is 3.47. The fourth-order valence-corrected chi connectivity index (χ4v) is 3.07. The molecule has 2 N–H and O–H groups in total. The molecule has 0 unspecified atom stereocenters. The molecule has 24 heavy (non-hydrogen) atoms. The second-order valence-electron chi connectivity index (χ2n) is 5.67. The van der Waals surface area contributed by atoms with Crippen molar-refractivity contribution in [2.45, 2.75) is 6.92 Å². The average Bonchev–Trinajstić information content (AvgIpc) is 2.95. The standard InChI is InChI=1S/C19H15ClN4/c1-12-9-19(21)23-11-15(12)18-10-16-17(3-2-8-22-16)24(18)14-6-4-13(20)5-7-14/h2-11H,1H3,(H2,21,23). The number of halogens is 1. The van der Waals surface area contributed by atoms with Gasteiger partial charge >= 0.3 is 0 Å². The Morgan fingerprint density at radius 3 is 2.58 bits per heavy atom. The average molecular weight is 335 g/mol. The summed E-state index contributed by atoms with van der Waals surface area (Å²) in [5, 5.41) is 0.709. The molecule has 4 rings (SSSR count). The highest BCUT2D eigenvalue weighted by molar-refractivity contribution is 6.30. The molecule has 118 valence electrons. The number of aromatic nitrogens is 3. The minimum absolute atomic E-state index is 0.517. The van der Waals surface area contributed by atoms with E-state index < -0.39 is 0 Å². The van der Waals surface area contributed by atoms with Gasteiger partial charge in [-0.3, -0.25) is 4.98 Å². The fraction of sp³-hybridized carbons (Fsp3) is 0.0526. The predicted octanol–water partition coefficient (Wildman–Crippen LogP) is 4.63. The second-order valence-corrected chi connectivity index (χ2v) is 6.11. The molecule has 0 spiro atoms. The number of hydrogen-bond donors (Lipinski definition) is 1. The number of nitrogen functional groups attached to an aromatic ring is 1. The van der Waals surface area contributed by atoms with E-state index in [1.165, 1.54) is 0 Å². The van der Waals surface area contributed by atoms with Gasteiger partial charge in [0, 0.05) is 28.7 Å². The first-order valence-electron chi connectivity index (χ1n) is 7.58. The Morgan fingerprint density at radius 1 is 1.04 bits per heavy atom. The molecule has 5 heteroatoms. The van der Waals surface area contributed by atoms with Gasteiger partial charge in [-0.15, -0.1) is 0 Å². The van der Waals surface area contributed by atoms with Gasteiger partial charge in [0.2, 0.25) is 0 Å². The number of nitrogens with two attached hydrogens (primary N) is 1. The highest BCUT2D eigenvalue weighted by Gasteiger charge is 2.15. The first-order chi connectivity index (χ1) is 11.6. The number of hydrogen-bond acceptors (Lipinski definition) is 3. The lowest BCUT2D eigenvalue weighted by Crippen LogP contribution is -1.99. The van der Waals surface area contributed by atoms with Gasteiger partial charge in [-0.1, -0.05) is 11.6 Å². The first kappa shape index (κ1) is 14.7. The lowest BCUT2D eigenvalue weighted by molar-refractivity contribution is 1.12. The van der Waals surface area contributed by atoms with Crippen LogP contribution in [0.5, 0.6) is 0 Å². The Hall–Kier alpha value is -2.85. The molecule has 0 bridgehead atoms. The first-order valence-corrected chi connectivity index (χ1v) is 7.96. The highest BCUT2D eigenvalue weighted by atomic mass is 35.5. The van der Waals surface area contributed by atoms with Crippen LogP contribution in [0.15, 0.2) is 60.9 Å². The second kappa shape index (κ2) is 5.65. The summed E-state index contributed by atoms with van der Waals surface area (Å²) in [4.78, 5) is 8.74. The van der Waals surface area contributed by atoms with Gasteiger partial charge in [0.25, 0.3) is 0 Å². The van der Waals surface area contributed by atoms with Crippen LogP contribution in [0.3, 0.4) is 0 Å². The van der Waals surface area contributed by atoms with Crippen LogP contribution in [-0.2, 0) is 0 Å². The largest absolute Gasteiger partial charge is 0.384 e. The van der Waals surface area contributed by atoms with Crippen molar-refractivity contribution >= 4 is 28.5 Å². The van der Waals surface area contributed by atoms with Crippen LogP contribution in [0.2, 0.25) is 5.02 Å². The summed E-state index contributed by atoms with van der Waals surface area (Å²) in [6.07, 6.45) is 3.61. The molecule has 3 aromatic heterocycles. The quantitative estimate of drug-likeness (QED) is 0.581. The van der Waals surface area contributed by atoms with Gasteiger partial charge in [0.15, 0.2) is 0 Å². The Morgan fingerprint density at radius 2 is 1.83 bits per heavy atom. The maximum Gasteiger partial charge on any atom is 0.123 e. The number of nitrogens with zero attached hydrogens (tertiary/aromatic N) is 3. The van der Waals surface area contributed by atoms with Gasteiger partial charge < -0.3 is 10.3 Å². The Bertz CT molecular complexity index is 1040. The highest BCUT2D eigenvalue weighted by Crippen LogP contribution is 2.32. The van der Waals surface area contributed by atoms with Gasteiger partial charge in [0.05, 0.1) is 16.7 Å². The zero-order chi connectivity index (χ0) is 16.7. The van der Waals surface area contributed by atoms with E-state index in [1.54, 1.807) is 6.20 Å². The van der Waals surface area contributed by atoms with Gasteiger partial charge in [-0.05, 0) is 61.0 Å². The summed E-state index contributed by atoms with van der Waals surface area (Å²) < 4.78 is 2.17. The maximum absolute atomic E-state index is 6.05. The Balaban J connectivity index is 2.05. The van der Waals surface area contributed by atoms with Gasteiger partial charge in [-0.25, -0.2) is 4.98 Å². The van der Waals surface area contributed by atoms with Gasteiger partial charge in [-0.2, -0.15) is 0 Å². The van der Waals surface area contributed by atoms with E-state index in [0.29, 0.717) is 10.8 Å². The van der Waals surface area contributed by atoms with E-state index in [9.17, 15) is 0 Å². The third kappa shape index (κ3) is 2.41. The SMILES string of the molecule is Cc1cc(N)ncc1-c1cc2ncccc2n1-c1ccc(Cl)cc1. The molecular formula is C19H15ClN4. The summed E-state index contributed by atoms with van der Waals surface area (Å²) in [6, 6.07) is 15.7. The van der Waals surface area contributed by atoms with Crippen LogP contribution in [-0.4, -0.2) is 14.5 Å². The molecule has 0 amide bonds. The molecule has 0 fully saturated rings. The summed E-state index contributed by atoms with van der Waals surface area (Å²) in [7, 11) is 0. The van der Waals surface area contributed by atoms with Crippen LogP contribution in [0.25, 0.3) is 28.0 Å². The zero-order valence-electron chi connectivity index (χ0n) is 13.1. The van der Waals surface area contributed by atoms with Crippen molar-refractivity contribution in [1.82, 2.24) is 14.5 Å². The molecule has 0 radical (unpaired) electrons. The molecular weight excluding hydrogens is 320 g/mol. The predicted molar refractivity (Wildman–Crippen MR) is 98.5 cm³/mol. The van der Waals surface area contributed by atoms with E-state index in [1.807, 2.05) is 49.5 Å². The molecule has 3 heterocycles. The van der Waals surface area contributed by atoms with E-state index in [-0.39, 0.29) is 0 Å². The van der Waals surface area contributed by atoms with E-state index >= 15 is 0 Å². The number of benzene rings is 1. The number of pyridine rings is 2. The van der Waals surface area contributed by atoms with E-state index in [0.717, 1.165) is 33.5 Å². The molecule has 0 aliphatic rings. The van der Waals surface area contributed by atoms with Crippen molar-refractivity contribution < 1.29 is 0 Å². The third-order valence-corrected chi connectivity index (χ3v) is 4.32. The van der Waals surface area contributed by atoms with Crippen molar-refractivity contribution in [2.75, 3.05) is 5.73 Å².